The van der Waals surface area contributed by atoms with Crippen LogP contribution in [0, 0.1) is 0 Å². The van der Waals surface area contributed by atoms with Crippen molar-refractivity contribution in [2.45, 2.75) is 11.8 Å². The Hall–Kier alpha value is -1.40. The van der Waals surface area contributed by atoms with E-state index in [1.165, 1.54) is 0 Å². The van der Waals surface area contributed by atoms with Crippen LogP contribution in [-0.4, -0.2) is 19.2 Å². The van der Waals surface area contributed by atoms with Crippen molar-refractivity contribution < 1.29 is 8.42 Å². The molecule has 1 aromatic heterocycles. The summed E-state index contributed by atoms with van der Waals surface area (Å²) in [6.07, 6.45) is 2.06. The van der Waals surface area contributed by atoms with Crippen LogP contribution in [-0.2, 0) is 21.8 Å². The number of sulfonamides is 1. The summed E-state index contributed by atoms with van der Waals surface area (Å²) in [5.74, 6) is 0.0145. The van der Waals surface area contributed by atoms with Crippen LogP contribution in [0.3, 0.4) is 0 Å². The normalized spacial score (nSPS) is 11.2. The molecule has 0 atom stereocenters. The second-order valence-corrected chi connectivity index (χ2v) is 6.69. The number of hydrogen-bond donors (Lipinski definition) is 1. The first-order chi connectivity index (χ1) is 9.61. The molecular formula is C14H15BrN2O2S. The minimum absolute atomic E-state index is 0.0145. The lowest BCUT2D eigenvalue weighted by molar-refractivity contribution is 0.600. The lowest BCUT2D eigenvalue weighted by atomic mass is 10.2. The van der Waals surface area contributed by atoms with Crippen molar-refractivity contribution in [1.82, 2.24) is 4.98 Å². The maximum absolute atomic E-state index is 12.1. The number of halogens is 1. The van der Waals surface area contributed by atoms with Crippen molar-refractivity contribution in [3.63, 3.8) is 0 Å². The zero-order valence-corrected chi connectivity index (χ0v) is 13.2. The second kappa shape index (κ2) is 6.85. The van der Waals surface area contributed by atoms with Crippen molar-refractivity contribution >= 4 is 31.6 Å². The van der Waals surface area contributed by atoms with Gasteiger partial charge in [-0.15, -0.1) is 0 Å². The van der Waals surface area contributed by atoms with Gasteiger partial charge in [-0.2, -0.15) is 0 Å². The Morgan fingerprint density at radius 2 is 1.85 bits per heavy atom. The van der Waals surface area contributed by atoms with Crippen molar-refractivity contribution in [3.8, 4) is 0 Å². The summed E-state index contributed by atoms with van der Waals surface area (Å²) in [6.45, 7) is 0. The van der Waals surface area contributed by atoms with Gasteiger partial charge in [0.15, 0.2) is 0 Å². The summed E-state index contributed by atoms with van der Waals surface area (Å²) in [5.41, 5.74) is 2.30. The van der Waals surface area contributed by atoms with Crippen molar-refractivity contribution in [2.24, 2.45) is 0 Å². The number of alkyl halides is 1. The van der Waals surface area contributed by atoms with E-state index in [1.54, 1.807) is 12.3 Å². The molecule has 106 valence electrons. The number of hydrogen-bond acceptors (Lipinski definition) is 3. The fraction of sp³-hybridized carbons (Fsp3) is 0.214. The van der Waals surface area contributed by atoms with Gasteiger partial charge in [0.1, 0.15) is 0 Å². The molecule has 1 aromatic carbocycles. The molecule has 20 heavy (non-hydrogen) atoms. The Labute approximate surface area is 127 Å². The number of rotatable bonds is 6. The highest BCUT2D eigenvalue weighted by atomic mass is 79.9. The van der Waals surface area contributed by atoms with Gasteiger partial charge in [0, 0.05) is 23.6 Å². The number of pyridine rings is 1. The molecule has 0 aliphatic rings. The van der Waals surface area contributed by atoms with Crippen molar-refractivity contribution in [3.05, 3.63) is 59.9 Å². The SMILES string of the molecule is O=S(=O)(CCc1ccccn1)Nc1ccccc1CBr. The molecule has 1 N–H and O–H groups in total. The van der Waals surface area contributed by atoms with Gasteiger partial charge < -0.3 is 0 Å². The van der Waals surface area contributed by atoms with Crippen molar-refractivity contribution in [2.75, 3.05) is 10.5 Å². The summed E-state index contributed by atoms with van der Waals surface area (Å²) in [6, 6.07) is 12.8. The Balaban J connectivity index is 2.04. The summed E-state index contributed by atoms with van der Waals surface area (Å²) in [5, 5.41) is 0.603. The first kappa shape index (κ1) is 15.0. The smallest absolute Gasteiger partial charge is 0.233 e. The predicted molar refractivity (Wildman–Crippen MR) is 84.4 cm³/mol. The monoisotopic (exact) mass is 354 g/mol. The molecule has 0 fully saturated rings. The van der Waals surface area contributed by atoms with Gasteiger partial charge in [-0.1, -0.05) is 40.2 Å². The van der Waals surface area contributed by atoms with E-state index in [0.717, 1.165) is 11.3 Å². The standard InChI is InChI=1S/C14H15BrN2O2S/c15-11-12-5-1-2-7-14(12)17-20(18,19)10-8-13-6-3-4-9-16-13/h1-7,9,17H,8,10-11H2. The topological polar surface area (TPSA) is 59.1 Å². The molecule has 0 saturated heterocycles. The van der Waals surface area contributed by atoms with Crippen LogP contribution in [0.5, 0.6) is 0 Å². The fourth-order valence-corrected chi connectivity index (χ4v) is 3.34. The van der Waals surface area contributed by atoms with Gasteiger partial charge in [0.2, 0.25) is 10.0 Å². The molecule has 0 radical (unpaired) electrons. The third-order valence-electron chi connectivity index (χ3n) is 2.78. The molecule has 0 saturated carbocycles. The molecule has 6 heteroatoms. The third kappa shape index (κ3) is 4.31. The minimum Gasteiger partial charge on any atom is -0.283 e. The van der Waals surface area contributed by atoms with E-state index in [4.69, 9.17) is 0 Å². The van der Waals surface area contributed by atoms with E-state index < -0.39 is 10.0 Å². The van der Waals surface area contributed by atoms with E-state index in [-0.39, 0.29) is 5.75 Å². The average molecular weight is 355 g/mol. The Kier molecular flexibility index (Phi) is 5.14. The number of nitrogens with one attached hydrogen (secondary N) is 1. The fourth-order valence-electron chi connectivity index (χ4n) is 1.74. The molecule has 4 nitrogen and oxygen atoms in total. The molecule has 0 amide bonds. The number of benzene rings is 1. The number of aryl methyl sites for hydroxylation is 1. The van der Waals surface area contributed by atoms with Gasteiger partial charge in [-0.05, 0) is 23.8 Å². The Morgan fingerprint density at radius 3 is 2.55 bits per heavy atom. The summed E-state index contributed by atoms with van der Waals surface area (Å²) < 4.78 is 26.8. The molecule has 0 aliphatic carbocycles. The van der Waals surface area contributed by atoms with Gasteiger partial charge in [0.25, 0.3) is 0 Å². The molecule has 2 rings (SSSR count). The maximum atomic E-state index is 12.1. The highest BCUT2D eigenvalue weighted by Gasteiger charge is 2.12. The average Bonchev–Trinajstić information content (AvgIpc) is 2.47. The first-order valence-corrected chi connectivity index (χ1v) is 8.92. The molecule has 0 aliphatic heterocycles. The number of para-hydroxylation sites is 1. The van der Waals surface area contributed by atoms with E-state index >= 15 is 0 Å². The van der Waals surface area contributed by atoms with Crippen LogP contribution in [0.15, 0.2) is 48.7 Å². The third-order valence-corrected chi connectivity index (χ3v) is 4.66. The number of aromatic nitrogens is 1. The second-order valence-electron chi connectivity index (χ2n) is 4.28. The van der Waals surface area contributed by atoms with Crippen LogP contribution < -0.4 is 4.72 Å². The molecular weight excluding hydrogens is 340 g/mol. The summed E-state index contributed by atoms with van der Waals surface area (Å²) in [7, 11) is -3.38. The van der Waals surface area contributed by atoms with Crippen molar-refractivity contribution in [1.29, 1.82) is 0 Å². The molecule has 0 spiro atoms. The minimum atomic E-state index is -3.38. The number of nitrogens with zero attached hydrogens (tertiary/aromatic N) is 1. The Morgan fingerprint density at radius 1 is 1.10 bits per heavy atom. The van der Waals surface area contributed by atoms with E-state index in [0.29, 0.717) is 17.4 Å². The summed E-state index contributed by atoms with van der Waals surface area (Å²) >= 11 is 3.35. The van der Waals surface area contributed by atoms with Crippen LogP contribution >= 0.6 is 15.9 Å². The van der Waals surface area contributed by atoms with E-state index in [2.05, 4.69) is 25.6 Å². The summed E-state index contributed by atoms with van der Waals surface area (Å²) in [4.78, 5) is 4.12. The maximum Gasteiger partial charge on any atom is 0.233 e. The van der Waals surface area contributed by atoms with Gasteiger partial charge >= 0.3 is 0 Å². The first-order valence-electron chi connectivity index (χ1n) is 6.15. The van der Waals surface area contributed by atoms with Crippen LogP contribution in [0.4, 0.5) is 5.69 Å². The van der Waals surface area contributed by atoms with E-state index in [9.17, 15) is 8.42 Å². The molecule has 1 heterocycles. The van der Waals surface area contributed by atoms with Crippen LogP contribution in [0.25, 0.3) is 0 Å². The zero-order valence-electron chi connectivity index (χ0n) is 10.8. The largest absolute Gasteiger partial charge is 0.283 e. The molecule has 2 aromatic rings. The number of anilines is 1. The quantitative estimate of drug-likeness (QED) is 0.811. The lowest BCUT2D eigenvalue weighted by Crippen LogP contribution is -2.19. The highest BCUT2D eigenvalue weighted by Crippen LogP contribution is 2.19. The van der Waals surface area contributed by atoms with Gasteiger partial charge in [-0.25, -0.2) is 8.42 Å². The lowest BCUT2D eigenvalue weighted by Gasteiger charge is -2.11. The van der Waals surface area contributed by atoms with Crippen LogP contribution in [0.1, 0.15) is 11.3 Å². The molecule has 0 unspecified atom stereocenters. The van der Waals surface area contributed by atoms with Gasteiger partial charge in [0.05, 0.1) is 11.4 Å². The van der Waals surface area contributed by atoms with Gasteiger partial charge in [-0.3, -0.25) is 9.71 Å². The van der Waals surface area contributed by atoms with E-state index in [1.807, 2.05) is 36.4 Å². The predicted octanol–water partition coefficient (Wildman–Crippen LogP) is 2.96. The van der Waals surface area contributed by atoms with Crippen LogP contribution in [0.2, 0.25) is 0 Å². The highest BCUT2D eigenvalue weighted by molar-refractivity contribution is 9.08. The Bertz CT molecular complexity index is 660. The molecule has 0 bridgehead atoms. The zero-order chi connectivity index (χ0) is 14.4.